The molecule has 0 saturated carbocycles. The normalized spacial score (nSPS) is 24.6. The van der Waals surface area contributed by atoms with Crippen molar-refractivity contribution in [3.8, 4) is 0 Å². The van der Waals surface area contributed by atoms with Crippen molar-refractivity contribution in [1.29, 1.82) is 0 Å². The fourth-order valence-corrected chi connectivity index (χ4v) is 4.08. The van der Waals surface area contributed by atoms with Crippen molar-refractivity contribution < 1.29 is 22.7 Å². The highest BCUT2D eigenvalue weighted by Crippen LogP contribution is 2.25. The molecule has 2 aliphatic rings. The average molecular weight is 368 g/mol. The van der Waals surface area contributed by atoms with E-state index in [2.05, 4.69) is 4.90 Å². The van der Waals surface area contributed by atoms with E-state index in [4.69, 9.17) is 9.47 Å². The van der Waals surface area contributed by atoms with Gasteiger partial charge in [0.15, 0.2) is 9.84 Å². The van der Waals surface area contributed by atoms with Crippen LogP contribution < -0.4 is 0 Å². The molecule has 2 fully saturated rings. The monoisotopic (exact) mass is 368 g/mol. The van der Waals surface area contributed by atoms with Crippen LogP contribution in [0.5, 0.6) is 0 Å². The van der Waals surface area contributed by atoms with E-state index in [9.17, 15) is 13.2 Å². The Kier molecular flexibility index (Phi) is 5.43. The van der Waals surface area contributed by atoms with Crippen LogP contribution in [-0.2, 0) is 30.7 Å². The van der Waals surface area contributed by atoms with Gasteiger partial charge in [0.05, 0.1) is 23.6 Å². The summed E-state index contributed by atoms with van der Waals surface area (Å²) >= 11 is 0. The van der Waals surface area contributed by atoms with Crippen molar-refractivity contribution in [2.24, 2.45) is 0 Å². The van der Waals surface area contributed by atoms with Crippen LogP contribution in [0.3, 0.4) is 0 Å². The Hall–Kier alpha value is -1.48. The van der Waals surface area contributed by atoms with E-state index in [0.717, 1.165) is 18.7 Å². The maximum atomic E-state index is 12.1. The summed E-state index contributed by atoms with van der Waals surface area (Å²) in [6.07, 6.45) is 1.22. The predicted molar refractivity (Wildman–Crippen MR) is 91.9 cm³/mol. The Labute approximate surface area is 148 Å². The molecule has 0 aliphatic carbocycles. The number of hydrogen-bond acceptors (Lipinski definition) is 6. The van der Waals surface area contributed by atoms with E-state index in [1.165, 1.54) is 6.26 Å². The first kappa shape index (κ1) is 18.3. The molecule has 8 heteroatoms. The molecule has 0 bridgehead atoms. The zero-order valence-corrected chi connectivity index (χ0v) is 15.4. The predicted octanol–water partition coefficient (Wildman–Crippen LogP) is 0.148. The summed E-state index contributed by atoms with van der Waals surface area (Å²) in [5.74, 6) is 0.0117. The Balaban J connectivity index is 1.65. The summed E-state index contributed by atoms with van der Waals surface area (Å²) < 4.78 is 33.9. The van der Waals surface area contributed by atoms with Gasteiger partial charge in [0.25, 0.3) is 0 Å². The zero-order chi connectivity index (χ0) is 18.0. The average Bonchev–Trinajstić information content (AvgIpc) is 2.96. The van der Waals surface area contributed by atoms with Gasteiger partial charge in [-0.05, 0) is 17.7 Å². The minimum absolute atomic E-state index is 0.0117. The third kappa shape index (κ3) is 4.20. The van der Waals surface area contributed by atoms with Crippen molar-refractivity contribution in [3.05, 3.63) is 29.8 Å². The highest BCUT2D eigenvalue weighted by atomic mass is 32.2. The van der Waals surface area contributed by atoms with Gasteiger partial charge < -0.3 is 14.4 Å². The number of nitrogens with zero attached hydrogens (tertiary/aromatic N) is 2. The third-order valence-corrected chi connectivity index (χ3v) is 5.88. The summed E-state index contributed by atoms with van der Waals surface area (Å²) in [6.45, 7) is 3.43. The number of benzene rings is 1. The summed E-state index contributed by atoms with van der Waals surface area (Å²) in [5.41, 5.74) is 1.04. The Morgan fingerprint density at radius 1 is 1.24 bits per heavy atom. The smallest absolute Gasteiger partial charge is 0.249 e. The second-order valence-corrected chi connectivity index (χ2v) is 8.62. The van der Waals surface area contributed by atoms with Crippen molar-refractivity contribution in [1.82, 2.24) is 9.80 Å². The lowest BCUT2D eigenvalue weighted by molar-refractivity contribution is -0.153. The van der Waals surface area contributed by atoms with Crippen LogP contribution in [0.15, 0.2) is 29.2 Å². The summed E-state index contributed by atoms with van der Waals surface area (Å²) in [4.78, 5) is 16.5. The molecule has 0 N–H and O–H groups in total. The number of carbonyl (C=O) groups is 1. The molecule has 138 valence electrons. The number of hydrogen-bond donors (Lipinski definition) is 0. The quantitative estimate of drug-likeness (QED) is 0.711. The largest absolute Gasteiger partial charge is 0.383 e. The Bertz CT molecular complexity index is 719. The van der Waals surface area contributed by atoms with Gasteiger partial charge in [-0.1, -0.05) is 12.1 Å². The van der Waals surface area contributed by atoms with E-state index >= 15 is 0 Å². The highest BCUT2D eigenvalue weighted by molar-refractivity contribution is 7.90. The highest BCUT2D eigenvalue weighted by Gasteiger charge is 2.42. The fourth-order valence-electron chi connectivity index (χ4n) is 3.45. The van der Waals surface area contributed by atoms with Crippen molar-refractivity contribution >= 4 is 15.7 Å². The molecule has 25 heavy (non-hydrogen) atoms. The van der Waals surface area contributed by atoms with Crippen LogP contribution in [-0.4, -0.2) is 82.5 Å². The van der Waals surface area contributed by atoms with Crippen LogP contribution in [0.4, 0.5) is 0 Å². The molecule has 0 aromatic heterocycles. The molecule has 3 rings (SSSR count). The lowest BCUT2D eigenvalue weighted by Gasteiger charge is -2.36. The minimum atomic E-state index is -3.18. The van der Waals surface area contributed by atoms with E-state index in [-0.39, 0.29) is 24.7 Å². The molecule has 2 atom stereocenters. The minimum Gasteiger partial charge on any atom is -0.383 e. The number of amides is 1. The van der Waals surface area contributed by atoms with Gasteiger partial charge in [-0.3, -0.25) is 9.69 Å². The number of fused-ring (bicyclic) bond motifs is 1. The number of methoxy groups -OCH3 is 1. The van der Waals surface area contributed by atoms with Crippen LogP contribution in [0.2, 0.25) is 0 Å². The Morgan fingerprint density at radius 2 is 1.96 bits per heavy atom. The topological polar surface area (TPSA) is 76.2 Å². The van der Waals surface area contributed by atoms with E-state index in [0.29, 0.717) is 24.6 Å². The summed E-state index contributed by atoms with van der Waals surface area (Å²) in [7, 11) is -1.55. The summed E-state index contributed by atoms with van der Waals surface area (Å²) in [6, 6.07) is 7.00. The van der Waals surface area contributed by atoms with Gasteiger partial charge in [-0.25, -0.2) is 8.42 Å². The molecular weight excluding hydrogens is 344 g/mol. The van der Waals surface area contributed by atoms with E-state index in [1.807, 2.05) is 17.0 Å². The number of morpholine rings is 1. The van der Waals surface area contributed by atoms with Crippen LogP contribution in [0.1, 0.15) is 5.56 Å². The lowest BCUT2D eigenvalue weighted by atomic mass is 10.1. The van der Waals surface area contributed by atoms with Gasteiger partial charge in [0.1, 0.15) is 6.61 Å². The van der Waals surface area contributed by atoms with Crippen molar-refractivity contribution in [2.75, 3.05) is 46.2 Å². The van der Waals surface area contributed by atoms with Crippen molar-refractivity contribution in [2.45, 2.75) is 23.6 Å². The molecule has 1 aromatic rings. The van der Waals surface area contributed by atoms with Crippen LogP contribution in [0.25, 0.3) is 0 Å². The van der Waals surface area contributed by atoms with Crippen LogP contribution >= 0.6 is 0 Å². The summed E-state index contributed by atoms with van der Waals surface area (Å²) in [5, 5.41) is 0. The molecule has 0 radical (unpaired) electrons. The van der Waals surface area contributed by atoms with E-state index in [1.54, 1.807) is 19.2 Å². The van der Waals surface area contributed by atoms with Gasteiger partial charge in [-0.15, -0.1) is 0 Å². The van der Waals surface area contributed by atoms with Gasteiger partial charge in [-0.2, -0.15) is 0 Å². The standard InChI is InChI=1S/C17H24N2O5S/c1-23-8-7-19-15-10-18(11-16(15)24-12-17(19)20)9-13-3-5-14(6-4-13)25(2,21)22/h3-6,15-16H,7-12H2,1-2H3/t15-,16+/m1/s1. The molecule has 2 saturated heterocycles. The maximum Gasteiger partial charge on any atom is 0.249 e. The van der Waals surface area contributed by atoms with Gasteiger partial charge in [0.2, 0.25) is 5.91 Å². The number of ether oxygens (including phenoxy) is 2. The number of rotatable bonds is 6. The molecule has 1 aromatic carbocycles. The molecule has 0 spiro atoms. The zero-order valence-electron chi connectivity index (χ0n) is 14.6. The van der Waals surface area contributed by atoms with Gasteiger partial charge >= 0.3 is 0 Å². The SMILES string of the molecule is COCCN1C(=O)CO[C@H]2CN(Cc3ccc(S(C)(=O)=O)cc3)C[C@H]21. The fraction of sp³-hybridized carbons (Fsp3) is 0.588. The second-order valence-electron chi connectivity index (χ2n) is 6.61. The number of likely N-dealkylation sites (tertiary alicyclic amines) is 1. The maximum absolute atomic E-state index is 12.1. The first-order valence-electron chi connectivity index (χ1n) is 8.30. The Morgan fingerprint density at radius 3 is 2.60 bits per heavy atom. The van der Waals surface area contributed by atoms with Crippen LogP contribution in [0, 0.1) is 0 Å². The third-order valence-electron chi connectivity index (χ3n) is 4.75. The lowest BCUT2D eigenvalue weighted by Crippen LogP contribution is -2.54. The molecule has 7 nitrogen and oxygen atoms in total. The number of sulfone groups is 1. The van der Waals surface area contributed by atoms with Gasteiger partial charge in [0, 0.05) is 39.5 Å². The first-order chi connectivity index (χ1) is 11.9. The molecule has 2 heterocycles. The van der Waals surface area contributed by atoms with E-state index < -0.39 is 9.84 Å². The second kappa shape index (κ2) is 7.41. The molecule has 0 unspecified atom stereocenters. The molecule has 1 amide bonds. The molecular formula is C17H24N2O5S. The number of carbonyl (C=O) groups excluding carboxylic acids is 1. The first-order valence-corrected chi connectivity index (χ1v) is 10.2. The van der Waals surface area contributed by atoms with Crippen molar-refractivity contribution in [3.63, 3.8) is 0 Å². The molecule has 2 aliphatic heterocycles.